The Morgan fingerprint density at radius 1 is 0.923 bits per heavy atom. The number of hydrogen-bond acceptors (Lipinski definition) is 10. The monoisotopic (exact) mass is 1080 g/mol. The SMILES string of the molecule is CC(F)(F)c1ccc2[nH]c(C(=O)N[C@H]3CC[C@@H](O)C[C@H]4CC[C@@H](C(=O)N[C@@H](CCC(N)=O)C(=O)C[C@H](C(=O)N5CCC(CCC#Cc6cccc7c6CN(C6CCC(=O)NC6=O)C7=O)CC5)C5CCCCC5)N4C3=O)cc2c1. The second-order valence-electron chi connectivity index (χ2n) is 22.4. The van der Waals surface area contributed by atoms with Gasteiger partial charge in [0, 0.05) is 91.8 Å². The summed E-state index contributed by atoms with van der Waals surface area (Å²) in [7, 11) is 0. The normalized spacial score (nSPS) is 24.1. The van der Waals surface area contributed by atoms with Crippen LogP contribution in [0.25, 0.3) is 10.9 Å². The number of ketones is 1. The van der Waals surface area contributed by atoms with Gasteiger partial charge in [0.1, 0.15) is 23.8 Å². The maximum atomic E-state index is 14.6. The molecule has 2 aromatic carbocycles. The number of nitrogens with two attached hydrogens (primary N) is 1. The third-order valence-electron chi connectivity index (χ3n) is 17.1. The number of aromatic nitrogens is 1. The number of benzene rings is 2. The van der Waals surface area contributed by atoms with E-state index in [0.29, 0.717) is 48.3 Å². The number of nitrogens with zero attached hydrogens (tertiary/aromatic N) is 3. The van der Waals surface area contributed by atoms with Crippen LogP contribution in [-0.4, -0.2) is 127 Å². The summed E-state index contributed by atoms with van der Waals surface area (Å²) in [6.07, 6.45) is 7.39. The van der Waals surface area contributed by atoms with Gasteiger partial charge in [-0.25, -0.2) is 8.78 Å². The minimum absolute atomic E-state index is 0.0325. The maximum Gasteiger partial charge on any atom is 0.270 e. The molecule has 7 N–H and O–H groups in total. The fourth-order valence-electron chi connectivity index (χ4n) is 12.7. The number of likely N-dealkylation sites (tertiary alicyclic amines) is 1. The van der Waals surface area contributed by atoms with Crippen molar-refractivity contribution in [2.45, 2.75) is 178 Å². The minimum atomic E-state index is -3.10. The number of carbonyl (C=O) groups is 9. The van der Waals surface area contributed by atoms with Crippen LogP contribution in [0, 0.1) is 29.6 Å². The van der Waals surface area contributed by atoms with Gasteiger partial charge in [-0.2, -0.15) is 0 Å². The van der Waals surface area contributed by atoms with E-state index in [1.54, 1.807) is 12.1 Å². The zero-order valence-corrected chi connectivity index (χ0v) is 44.1. The topological polar surface area (TPSA) is 261 Å². The number of nitrogens with one attached hydrogen (secondary N) is 4. The van der Waals surface area contributed by atoms with E-state index in [1.807, 2.05) is 11.0 Å². The van der Waals surface area contributed by atoms with Gasteiger partial charge in [-0.05, 0) is 125 Å². The summed E-state index contributed by atoms with van der Waals surface area (Å²) >= 11 is 0. The maximum absolute atomic E-state index is 14.6. The molecule has 1 aliphatic carbocycles. The molecule has 1 aromatic heterocycles. The number of Topliss-reactive ketones (excluding diaryl/α,β-unsaturated/α-hetero) is 1. The van der Waals surface area contributed by atoms with E-state index in [1.165, 1.54) is 34.1 Å². The van der Waals surface area contributed by atoms with Crippen LogP contribution in [-0.2, 0) is 46.0 Å². The van der Waals surface area contributed by atoms with Gasteiger partial charge < -0.3 is 41.2 Å². The first-order chi connectivity index (χ1) is 37.3. The number of carbonyl (C=O) groups excluding carboxylic acids is 9. The number of aromatic amines is 1. The first-order valence-electron chi connectivity index (χ1n) is 27.8. The van der Waals surface area contributed by atoms with Gasteiger partial charge in [-0.3, -0.25) is 48.5 Å². The third kappa shape index (κ3) is 12.6. The summed E-state index contributed by atoms with van der Waals surface area (Å²) in [5, 5.41) is 19.3. The van der Waals surface area contributed by atoms with E-state index in [9.17, 15) is 57.0 Å². The molecule has 5 fully saturated rings. The number of fused-ring (bicyclic) bond motifs is 3. The van der Waals surface area contributed by atoms with Gasteiger partial charge in [0.25, 0.3) is 17.7 Å². The quantitative estimate of drug-likeness (QED) is 0.0825. The number of piperidine rings is 2. The average Bonchev–Trinajstić information content (AvgIpc) is 4.21. The van der Waals surface area contributed by atoms with Crippen molar-refractivity contribution in [1.82, 2.24) is 35.6 Å². The first kappa shape index (κ1) is 55.7. The van der Waals surface area contributed by atoms with Gasteiger partial charge in [0.05, 0.1) is 12.1 Å². The lowest BCUT2D eigenvalue weighted by atomic mass is 9.76. The molecule has 6 aliphatic rings. The average molecular weight is 1080 g/mol. The Balaban J connectivity index is 0.823. The highest BCUT2D eigenvalue weighted by atomic mass is 19.3. The molecule has 18 nitrogen and oxygen atoms in total. The van der Waals surface area contributed by atoms with E-state index in [0.717, 1.165) is 69.4 Å². The number of imide groups is 1. The van der Waals surface area contributed by atoms with Crippen molar-refractivity contribution in [1.29, 1.82) is 0 Å². The number of H-pyrrole nitrogens is 1. The third-order valence-corrected chi connectivity index (χ3v) is 17.1. The van der Waals surface area contributed by atoms with E-state index < -0.39 is 83.5 Å². The molecule has 3 aromatic rings. The molecule has 0 radical (unpaired) electrons. The van der Waals surface area contributed by atoms with Crippen LogP contribution in [0.2, 0.25) is 0 Å². The molecule has 20 heteroatoms. The van der Waals surface area contributed by atoms with Gasteiger partial charge in [0.2, 0.25) is 35.4 Å². The highest BCUT2D eigenvalue weighted by Crippen LogP contribution is 2.37. The van der Waals surface area contributed by atoms with Crippen LogP contribution < -0.4 is 21.7 Å². The smallest absolute Gasteiger partial charge is 0.270 e. The van der Waals surface area contributed by atoms with E-state index in [-0.39, 0.29) is 99.2 Å². The second kappa shape index (κ2) is 23.9. The summed E-state index contributed by atoms with van der Waals surface area (Å²) in [6.45, 7) is 2.03. The van der Waals surface area contributed by atoms with Crippen molar-refractivity contribution in [2.75, 3.05) is 13.1 Å². The lowest BCUT2D eigenvalue weighted by molar-refractivity contribution is -0.145. The summed E-state index contributed by atoms with van der Waals surface area (Å²) in [6, 6.07) is 6.08. The Morgan fingerprint density at radius 2 is 1.69 bits per heavy atom. The van der Waals surface area contributed by atoms with Crippen LogP contribution in [0.5, 0.6) is 0 Å². The van der Waals surface area contributed by atoms with Gasteiger partial charge in [-0.15, -0.1) is 0 Å². The number of aliphatic hydroxyl groups is 1. The van der Waals surface area contributed by atoms with Crippen molar-refractivity contribution in [3.63, 3.8) is 0 Å². The van der Waals surface area contributed by atoms with Crippen molar-refractivity contribution in [3.05, 3.63) is 70.4 Å². The Bertz CT molecular complexity index is 2910. The van der Waals surface area contributed by atoms with Crippen LogP contribution in [0.4, 0.5) is 8.78 Å². The first-order valence-corrected chi connectivity index (χ1v) is 27.8. The van der Waals surface area contributed by atoms with E-state index >= 15 is 0 Å². The van der Waals surface area contributed by atoms with Gasteiger partial charge >= 0.3 is 0 Å². The van der Waals surface area contributed by atoms with Crippen molar-refractivity contribution < 1.29 is 57.0 Å². The highest BCUT2D eigenvalue weighted by Gasteiger charge is 2.47. The highest BCUT2D eigenvalue weighted by molar-refractivity contribution is 6.06. The number of amides is 8. The van der Waals surface area contributed by atoms with Crippen molar-refractivity contribution >= 4 is 63.9 Å². The molecule has 8 amide bonds. The molecule has 78 heavy (non-hydrogen) atoms. The second-order valence-corrected chi connectivity index (χ2v) is 22.4. The molecular weight excluding hydrogens is 1010 g/mol. The Kier molecular flexibility index (Phi) is 17.1. The summed E-state index contributed by atoms with van der Waals surface area (Å²) in [5.74, 6) is -1.11. The summed E-state index contributed by atoms with van der Waals surface area (Å²) in [4.78, 5) is 129. The molecule has 1 saturated carbocycles. The molecule has 1 unspecified atom stereocenters. The molecule has 0 spiro atoms. The predicted molar refractivity (Wildman–Crippen MR) is 281 cm³/mol. The Labute approximate surface area is 451 Å². The minimum Gasteiger partial charge on any atom is -0.393 e. The number of aliphatic hydroxyl groups excluding tert-OH is 1. The lowest BCUT2D eigenvalue weighted by Crippen LogP contribution is -2.58. The zero-order valence-electron chi connectivity index (χ0n) is 44.1. The summed E-state index contributed by atoms with van der Waals surface area (Å²) in [5.41, 5.74) is 7.81. The number of halogens is 2. The molecule has 7 atom stereocenters. The molecule has 416 valence electrons. The van der Waals surface area contributed by atoms with Gasteiger partial charge in [-0.1, -0.05) is 43.2 Å². The van der Waals surface area contributed by atoms with Crippen LogP contribution in [0.1, 0.15) is 166 Å². The molecule has 6 heterocycles. The standard InChI is InChI=1S/C58H70F2N8O10/c1-58(59,60)37-14-17-43-36(28-37)29-46(62-43)52(73)64-45-18-16-39(69)30-38-15-20-48(68(38)57(45)78)54(75)63-44(19-22-50(61)71)49(70)31-41(34-9-3-2-4-10-34)55(76)66-26-24-33(25-27-66)8-5-6-11-35-12-7-13-40-42(35)32-67(56(40)77)47-21-23-51(72)65-53(47)74/h7,12-14,17,28-29,33-34,38-39,41,44-45,47-48,62,69H,2-5,8-10,15-16,18-27,30-32H2,1H3,(H2,61,71)(H,63,75)(H,64,73)(H,65,72,74)/t38-,39-,41+,44+,45+,47?,48+/m1/s1. The van der Waals surface area contributed by atoms with Crippen molar-refractivity contribution in [2.24, 2.45) is 23.5 Å². The van der Waals surface area contributed by atoms with E-state index in [2.05, 4.69) is 32.8 Å². The zero-order chi connectivity index (χ0) is 55.4. The lowest BCUT2D eigenvalue weighted by Gasteiger charge is -2.38. The number of primary amides is 1. The van der Waals surface area contributed by atoms with Crippen molar-refractivity contribution in [3.8, 4) is 11.8 Å². The van der Waals surface area contributed by atoms with E-state index in [4.69, 9.17) is 5.73 Å². The number of alkyl halides is 2. The fourth-order valence-corrected chi connectivity index (χ4v) is 12.7. The molecular formula is C58H70F2N8O10. The summed E-state index contributed by atoms with van der Waals surface area (Å²) < 4.78 is 28.2. The Hall–Kier alpha value is -7.01. The van der Waals surface area contributed by atoms with Gasteiger partial charge in [0.15, 0.2) is 5.78 Å². The van der Waals surface area contributed by atoms with Crippen LogP contribution in [0.3, 0.4) is 0 Å². The number of hydrogen-bond donors (Lipinski definition) is 6. The molecule has 9 rings (SSSR count). The van der Waals surface area contributed by atoms with Crippen LogP contribution >= 0.6 is 0 Å². The molecule has 5 aliphatic heterocycles. The molecule has 0 bridgehead atoms. The fraction of sp³-hybridized carbons (Fsp3) is 0.569. The van der Waals surface area contributed by atoms with Crippen LogP contribution in [0.15, 0.2) is 42.5 Å². The largest absolute Gasteiger partial charge is 0.393 e. The Morgan fingerprint density at radius 3 is 2.42 bits per heavy atom. The predicted octanol–water partition coefficient (Wildman–Crippen LogP) is 5.02. The molecule has 4 saturated heterocycles. The number of rotatable bonds is 16.